The van der Waals surface area contributed by atoms with Crippen molar-refractivity contribution < 1.29 is 0 Å². The van der Waals surface area contributed by atoms with Crippen LogP contribution in [0.3, 0.4) is 0 Å². The van der Waals surface area contributed by atoms with Crippen molar-refractivity contribution in [3.05, 3.63) is 40.2 Å². The molecule has 0 saturated heterocycles. The molecule has 2 N–H and O–H groups in total. The van der Waals surface area contributed by atoms with Gasteiger partial charge in [0.15, 0.2) is 0 Å². The number of nitrogen functional groups attached to an aromatic ring is 1. The fraction of sp³-hybridized carbons (Fsp3) is 0.0909. The second-order valence-electron chi connectivity index (χ2n) is 3.25. The largest absolute Gasteiger partial charge is 0.399 e. The Kier molecular flexibility index (Phi) is 2.98. The summed E-state index contributed by atoms with van der Waals surface area (Å²) in [5.74, 6) is 0. The topological polar surface area (TPSA) is 29.3 Å². The number of benzene rings is 1. The van der Waals surface area contributed by atoms with Crippen LogP contribution in [0.25, 0.3) is 0 Å². The van der Waals surface area contributed by atoms with Crippen LogP contribution in [-0.2, 0) is 0 Å². The summed E-state index contributed by atoms with van der Waals surface area (Å²) in [6.07, 6.45) is 0. The molecular formula is C11H11BrN2S. The highest BCUT2D eigenvalue weighted by Crippen LogP contribution is 2.32. The van der Waals surface area contributed by atoms with Crippen molar-refractivity contribution in [3.63, 3.8) is 0 Å². The van der Waals surface area contributed by atoms with Gasteiger partial charge >= 0.3 is 0 Å². The average molecular weight is 283 g/mol. The van der Waals surface area contributed by atoms with Gasteiger partial charge in [0, 0.05) is 28.3 Å². The number of anilines is 3. The van der Waals surface area contributed by atoms with Gasteiger partial charge in [-0.2, -0.15) is 0 Å². The van der Waals surface area contributed by atoms with Gasteiger partial charge in [-0.05, 0) is 46.3 Å². The smallest absolute Gasteiger partial charge is 0.0962 e. The minimum atomic E-state index is 0.791. The van der Waals surface area contributed by atoms with E-state index >= 15 is 0 Å². The van der Waals surface area contributed by atoms with Crippen molar-refractivity contribution in [1.82, 2.24) is 0 Å². The second kappa shape index (κ2) is 4.24. The van der Waals surface area contributed by atoms with Crippen molar-refractivity contribution in [2.45, 2.75) is 0 Å². The van der Waals surface area contributed by atoms with Crippen LogP contribution in [0.1, 0.15) is 0 Å². The minimum absolute atomic E-state index is 0.791. The summed E-state index contributed by atoms with van der Waals surface area (Å²) in [5.41, 5.74) is 7.57. The molecule has 78 valence electrons. The molecule has 1 heterocycles. The number of nitrogens with two attached hydrogens (primary N) is 1. The number of hydrogen-bond donors (Lipinski definition) is 1. The first kappa shape index (κ1) is 10.5. The maximum absolute atomic E-state index is 5.65. The van der Waals surface area contributed by atoms with Gasteiger partial charge in [0.25, 0.3) is 0 Å². The number of rotatable bonds is 2. The van der Waals surface area contributed by atoms with Crippen molar-refractivity contribution in [1.29, 1.82) is 0 Å². The van der Waals surface area contributed by atoms with E-state index < -0.39 is 0 Å². The highest BCUT2D eigenvalue weighted by atomic mass is 79.9. The first-order valence-electron chi connectivity index (χ1n) is 4.50. The fourth-order valence-corrected chi connectivity index (χ4v) is 2.71. The van der Waals surface area contributed by atoms with Crippen molar-refractivity contribution in [2.75, 3.05) is 17.7 Å². The SMILES string of the molecule is CN(c1ccc(N)cc1)c1cc(Br)cs1. The first-order valence-corrected chi connectivity index (χ1v) is 6.17. The zero-order chi connectivity index (χ0) is 10.8. The van der Waals surface area contributed by atoms with E-state index in [0.29, 0.717) is 0 Å². The third-order valence-corrected chi connectivity index (χ3v) is 3.93. The van der Waals surface area contributed by atoms with E-state index in [1.165, 1.54) is 5.00 Å². The van der Waals surface area contributed by atoms with Crippen LogP contribution in [0, 0.1) is 0 Å². The highest BCUT2D eigenvalue weighted by Gasteiger charge is 2.05. The summed E-state index contributed by atoms with van der Waals surface area (Å²) >= 11 is 5.15. The Balaban J connectivity index is 2.28. The molecule has 2 rings (SSSR count). The Bertz CT molecular complexity index is 450. The average Bonchev–Trinajstić information content (AvgIpc) is 2.65. The van der Waals surface area contributed by atoms with Gasteiger partial charge in [-0.15, -0.1) is 11.3 Å². The Hall–Kier alpha value is -1.000. The van der Waals surface area contributed by atoms with Gasteiger partial charge in [0.2, 0.25) is 0 Å². The van der Waals surface area contributed by atoms with Crippen LogP contribution in [-0.4, -0.2) is 7.05 Å². The summed E-state index contributed by atoms with van der Waals surface area (Å²) in [6, 6.07) is 9.95. The van der Waals surface area contributed by atoms with E-state index in [-0.39, 0.29) is 0 Å². The molecule has 4 heteroatoms. The van der Waals surface area contributed by atoms with Crippen LogP contribution < -0.4 is 10.6 Å². The van der Waals surface area contributed by atoms with Crippen molar-refractivity contribution in [3.8, 4) is 0 Å². The molecule has 0 aliphatic rings. The van der Waals surface area contributed by atoms with E-state index in [9.17, 15) is 0 Å². The molecule has 0 amide bonds. The number of nitrogens with zero attached hydrogens (tertiary/aromatic N) is 1. The predicted molar refractivity (Wildman–Crippen MR) is 70.9 cm³/mol. The van der Waals surface area contributed by atoms with Gasteiger partial charge in [0.05, 0.1) is 5.00 Å². The lowest BCUT2D eigenvalue weighted by atomic mass is 10.3. The molecule has 0 aliphatic heterocycles. The molecule has 0 radical (unpaired) electrons. The van der Waals surface area contributed by atoms with Gasteiger partial charge in [0.1, 0.15) is 0 Å². The summed E-state index contributed by atoms with van der Waals surface area (Å²) in [6.45, 7) is 0. The predicted octanol–water partition coefficient (Wildman–Crippen LogP) is 3.86. The zero-order valence-corrected chi connectivity index (χ0v) is 10.7. The Labute approximate surface area is 101 Å². The third kappa shape index (κ3) is 2.33. The minimum Gasteiger partial charge on any atom is -0.399 e. The zero-order valence-electron chi connectivity index (χ0n) is 8.27. The van der Waals surface area contributed by atoms with Gasteiger partial charge in [-0.1, -0.05) is 0 Å². The molecule has 15 heavy (non-hydrogen) atoms. The maximum Gasteiger partial charge on any atom is 0.0962 e. The molecule has 0 unspecified atom stereocenters. The second-order valence-corrected chi connectivity index (χ2v) is 5.06. The lowest BCUT2D eigenvalue weighted by molar-refractivity contribution is 1.24. The van der Waals surface area contributed by atoms with Crippen LogP contribution >= 0.6 is 27.3 Å². The molecule has 0 bridgehead atoms. The van der Waals surface area contributed by atoms with Crippen molar-refractivity contribution >= 4 is 43.6 Å². The van der Waals surface area contributed by atoms with Gasteiger partial charge in [-0.3, -0.25) is 0 Å². The molecule has 2 aromatic rings. The van der Waals surface area contributed by atoms with Gasteiger partial charge < -0.3 is 10.6 Å². The molecule has 0 spiro atoms. The number of halogens is 1. The summed E-state index contributed by atoms with van der Waals surface area (Å²) in [4.78, 5) is 2.13. The lowest BCUT2D eigenvalue weighted by Crippen LogP contribution is -2.07. The van der Waals surface area contributed by atoms with Gasteiger partial charge in [-0.25, -0.2) is 0 Å². The molecule has 1 aromatic carbocycles. The standard InChI is InChI=1S/C11H11BrN2S/c1-14(11-6-8(12)7-15-11)10-4-2-9(13)3-5-10/h2-7H,13H2,1H3. The summed E-state index contributed by atoms with van der Waals surface area (Å²) < 4.78 is 1.12. The quantitative estimate of drug-likeness (QED) is 0.848. The Morgan fingerprint density at radius 3 is 2.47 bits per heavy atom. The van der Waals surface area contributed by atoms with E-state index in [1.807, 2.05) is 31.3 Å². The van der Waals surface area contributed by atoms with E-state index in [4.69, 9.17) is 5.73 Å². The maximum atomic E-state index is 5.65. The van der Waals surface area contributed by atoms with Crippen LogP contribution in [0.4, 0.5) is 16.4 Å². The Morgan fingerprint density at radius 2 is 1.93 bits per heavy atom. The molecule has 2 nitrogen and oxygen atoms in total. The molecule has 0 fully saturated rings. The van der Waals surface area contributed by atoms with Crippen LogP contribution in [0.15, 0.2) is 40.2 Å². The van der Waals surface area contributed by atoms with Crippen LogP contribution in [0.5, 0.6) is 0 Å². The number of hydrogen-bond acceptors (Lipinski definition) is 3. The molecule has 0 aliphatic carbocycles. The third-order valence-electron chi connectivity index (χ3n) is 2.16. The molecule has 0 saturated carbocycles. The highest BCUT2D eigenvalue weighted by molar-refractivity contribution is 9.10. The normalized spacial score (nSPS) is 10.3. The van der Waals surface area contributed by atoms with Crippen LogP contribution in [0.2, 0.25) is 0 Å². The monoisotopic (exact) mass is 282 g/mol. The van der Waals surface area contributed by atoms with E-state index in [0.717, 1.165) is 15.8 Å². The summed E-state index contributed by atoms with van der Waals surface area (Å²) in [5, 5.41) is 3.27. The summed E-state index contributed by atoms with van der Waals surface area (Å²) in [7, 11) is 2.05. The first-order chi connectivity index (χ1) is 7.16. The van der Waals surface area contributed by atoms with Crippen molar-refractivity contribution in [2.24, 2.45) is 0 Å². The fourth-order valence-electron chi connectivity index (χ4n) is 1.30. The molecular weight excluding hydrogens is 272 g/mol. The lowest BCUT2D eigenvalue weighted by Gasteiger charge is -2.16. The van der Waals surface area contributed by atoms with E-state index in [1.54, 1.807) is 11.3 Å². The number of thiophene rings is 1. The Morgan fingerprint density at radius 1 is 1.27 bits per heavy atom. The molecule has 0 atom stereocenters. The van der Waals surface area contributed by atoms with E-state index in [2.05, 4.69) is 32.3 Å². The molecule has 1 aromatic heterocycles.